The number of aromatic nitrogens is 2. The van der Waals surface area contributed by atoms with E-state index < -0.39 is 0 Å². The van der Waals surface area contributed by atoms with Crippen LogP contribution >= 0.6 is 0 Å². The Morgan fingerprint density at radius 2 is 1.79 bits per heavy atom. The van der Waals surface area contributed by atoms with Gasteiger partial charge in [0.2, 0.25) is 0 Å². The van der Waals surface area contributed by atoms with Crippen LogP contribution in [0.15, 0.2) is 18.5 Å². The van der Waals surface area contributed by atoms with Crippen molar-refractivity contribution in [2.24, 2.45) is 0 Å². The minimum absolute atomic E-state index is 0.681. The van der Waals surface area contributed by atoms with Crippen LogP contribution in [0, 0.1) is 0 Å². The molecular weight excluding hydrogens is 304 g/mol. The van der Waals surface area contributed by atoms with Crippen molar-refractivity contribution in [1.82, 2.24) is 14.9 Å². The molecule has 0 aliphatic carbocycles. The van der Waals surface area contributed by atoms with Gasteiger partial charge in [-0.3, -0.25) is 0 Å². The van der Waals surface area contributed by atoms with E-state index >= 15 is 0 Å². The van der Waals surface area contributed by atoms with Crippen LogP contribution in [0.4, 0.5) is 5.82 Å². The van der Waals surface area contributed by atoms with Crippen LogP contribution in [-0.2, 0) is 0 Å². The van der Waals surface area contributed by atoms with Crippen molar-refractivity contribution in [1.29, 1.82) is 0 Å². The van der Waals surface area contributed by atoms with Crippen molar-refractivity contribution in [3.63, 3.8) is 0 Å². The quantitative estimate of drug-likeness (QED) is 0.751. The van der Waals surface area contributed by atoms with Crippen LogP contribution in [0.2, 0.25) is 0 Å². The van der Waals surface area contributed by atoms with E-state index in [2.05, 4.69) is 20.2 Å². The molecule has 1 aliphatic rings. The van der Waals surface area contributed by atoms with Gasteiger partial charge in [0.05, 0.1) is 19.7 Å². The molecule has 0 atom stereocenters. The molecule has 1 N–H and O–H groups in total. The van der Waals surface area contributed by atoms with Crippen LogP contribution in [-0.4, -0.2) is 55.3 Å². The Bertz CT molecular complexity index is 671. The van der Waals surface area contributed by atoms with Crippen LogP contribution in [0.25, 0.3) is 10.9 Å². The number of hydrogen-bond acceptors (Lipinski definition) is 6. The van der Waals surface area contributed by atoms with E-state index in [1.165, 1.54) is 38.9 Å². The number of methoxy groups -OCH3 is 2. The second-order valence-electron chi connectivity index (χ2n) is 6.13. The van der Waals surface area contributed by atoms with E-state index in [9.17, 15) is 0 Å². The van der Waals surface area contributed by atoms with E-state index in [4.69, 9.17) is 9.47 Å². The summed E-state index contributed by atoms with van der Waals surface area (Å²) < 4.78 is 10.7. The summed E-state index contributed by atoms with van der Waals surface area (Å²) in [5, 5.41) is 4.39. The fraction of sp³-hybridized carbons (Fsp3) is 0.556. The predicted molar refractivity (Wildman–Crippen MR) is 96.0 cm³/mol. The number of benzene rings is 1. The smallest absolute Gasteiger partial charge is 0.162 e. The average Bonchev–Trinajstić information content (AvgIpc) is 3.13. The van der Waals surface area contributed by atoms with E-state index in [0.29, 0.717) is 11.5 Å². The fourth-order valence-electron chi connectivity index (χ4n) is 3.20. The molecule has 1 aromatic carbocycles. The van der Waals surface area contributed by atoms with Gasteiger partial charge in [-0.2, -0.15) is 0 Å². The lowest BCUT2D eigenvalue weighted by molar-refractivity contribution is 0.331. The lowest BCUT2D eigenvalue weighted by Gasteiger charge is -2.14. The molecule has 0 unspecified atom stereocenters. The monoisotopic (exact) mass is 330 g/mol. The largest absolute Gasteiger partial charge is 0.493 e. The molecular formula is C18H26N4O2. The lowest BCUT2D eigenvalue weighted by atomic mass is 10.2. The minimum Gasteiger partial charge on any atom is -0.493 e. The molecule has 24 heavy (non-hydrogen) atoms. The van der Waals surface area contributed by atoms with Gasteiger partial charge in [-0.05, 0) is 51.4 Å². The van der Waals surface area contributed by atoms with Crippen LogP contribution < -0.4 is 14.8 Å². The maximum absolute atomic E-state index is 5.39. The van der Waals surface area contributed by atoms with E-state index in [1.54, 1.807) is 20.5 Å². The summed E-state index contributed by atoms with van der Waals surface area (Å²) in [6, 6.07) is 3.81. The van der Waals surface area contributed by atoms with E-state index in [-0.39, 0.29) is 0 Å². The molecule has 0 amide bonds. The molecule has 2 heterocycles. The topological polar surface area (TPSA) is 59.5 Å². The third-order valence-electron chi connectivity index (χ3n) is 4.53. The highest BCUT2D eigenvalue weighted by Crippen LogP contribution is 2.33. The Kier molecular flexibility index (Phi) is 5.69. The molecule has 1 aromatic heterocycles. The number of unbranched alkanes of at least 4 members (excludes halogenated alkanes) is 1. The van der Waals surface area contributed by atoms with Gasteiger partial charge in [0.25, 0.3) is 0 Å². The number of likely N-dealkylation sites (tertiary alicyclic amines) is 1. The van der Waals surface area contributed by atoms with Gasteiger partial charge in [0.15, 0.2) is 11.5 Å². The van der Waals surface area contributed by atoms with Crippen molar-refractivity contribution < 1.29 is 9.47 Å². The molecule has 0 radical (unpaired) electrons. The molecule has 1 aliphatic heterocycles. The number of hydrogen-bond donors (Lipinski definition) is 1. The van der Waals surface area contributed by atoms with Gasteiger partial charge >= 0.3 is 0 Å². The predicted octanol–water partition coefficient (Wildman–Crippen LogP) is 2.93. The Balaban J connectivity index is 1.61. The summed E-state index contributed by atoms with van der Waals surface area (Å²) in [7, 11) is 3.27. The molecule has 2 aromatic rings. The second kappa shape index (κ2) is 8.15. The molecule has 0 bridgehead atoms. The summed E-state index contributed by atoms with van der Waals surface area (Å²) >= 11 is 0. The summed E-state index contributed by atoms with van der Waals surface area (Å²) in [5.41, 5.74) is 0.849. The van der Waals surface area contributed by atoms with Crippen molar-refractivity contribution in [3.8, 4) is 11.5 Å². The summed E-state index contributed by atoms with van der Waals surface area (Å²) in [6.07, 6.45) is 6.65. The highest BCUT2D eigenvalue weighted by Gasteiger charge is 2.12. The molecule has 1 saturated heterocycles. The number of nitrogens with zero attached hydrogens (tertiary/aromatic N) is 3. The minimum atomic E-state index is 0.681. The van der Waals surface area contributed by atoms with Crippen molar-refractivity contribution >= 4 is 16.7 Å². The fourth-order valence-corrected chi connectivity index (χ4v) is 3.20. The van der Waals surface area contributed by atoms with Crippen molar-refractivity contribution in [3.05, 3.63) is 18.5 Å². The number of anilines is 1. The van der Waals surface area contributed by atoms with Crippen LogP contribution in [0.3, 0.4) is 0 Å². The molecule has 1 fully saturated rings. The molecule has 0 saturated carbocycles. The molecule has 0 spiro atoms. The highest BCUT2D eigenvalue weighted by molar-refractivity contribution is 5.91. The van der Waals surface area contributed by atoms with Gasteiger partial charge in [-0.25, -0.2) is 9.97 Å². The first kappa shape index (κ1) is 16.8. The zero-order chi connectivity index (χ0) is 16.8. The van der Waals surface area contributed by atoms with Gasteiger partial charge < -0.3 is 19.7 Å². The number of nitrogens with one attached hydrogen (secondary N) is 1. The normalized spacial score (nSPS) is 14.9. The lowest BCUT2D eigenvalue weighted by Crippen LogP contribution is -2.20. The second-order valence-corrected chi connectivity index (χ2v) is 6.13. The Hall–Kier alpha value is -2.08. The number of fused-ring (bicyclic) bond motifs is 1. The van der Waals surface area contributed by atoms with E-state index in [1.807, 2.05) is 12.1 Å². The summed E-state index contributed by atoms with van der Waals surface area (Å²) in [6.45, 7) is 4.66. The standard InChI is InChI=1S/C18H26N4O2/c1-23-16-11-14-15(12-17(16)24-2)20-13-21-18(14)19-7-3-4-8-22-9-5-6-10-22/h11-13H,3-10H2,1-2H3,(H,19,20,21). The van der Waals surface area contributed by atoms with Crippen LogP contribution in [0.5, 0.6) is 11.5 Å². The Morgan fingerprint density at radius 3 is 2.54 bits per heavy atom. The molecule has 6 heteroatoms. The van der Waals surface area contributed by atoms with Gasteiger partial charge in [-0.15, -0.1) is 0 Å². The number of ether oxygens (including phenoxy) is 2. The summed E-state index contributed by atoms with van der Waals surface area (Å²) in [4.78, 5) is 11.3. The first-order chi connectivity index (χ1) is 11.8. The zero-order valence-corrected chi connectivity index (χ0v) is 14.5. The summed E-state index contributed by atoms with van der Waals surface area (Å²) in [5.74, 6) is 2.22. The number of rotatable bonds is 8. The average molecular weight is 330 g/mol. The van der Waals surface area contributed by atoms with Gasteiger partial charge in [0.1, 0.15) is 12.1 Å². The van der Waals surface area contributed by atoms with Gasteiger partial charge in [0, 0.05) is 18.0 Å². The first-order valence-corrected chi connectivity index (χ1v) is 8.65. The third kappa shape index (κ3) is 3.87. The molecule has 130 valence electrons. The Labute approximate surface area is 143 Å². The van der Waals surface area contributed by atoms with Gasteiger partial charge in [-0.1, -0.05) is 0 Å². The van der Waals surface area contributed by atoms with Crippen molar-refractivity contribution in [2.75, 3.05) is 45.7 Å². The Morgan fingerprint density at radius 1 is 1.04 bits per heavy atom. The van der Waals surface area contributed by atoms with E-state index in [0.717, 1.165) is 29.7 Å². The zero-order valence-electron chi connectivity index (χ0n) is 14.5. The molecule has 3 rings (SSSR count). The van der Waals surface area contributed by atoms with Crippen LogP contribution in [0.1, 0.15) is 25.7 Å². The highest BCUT2D eigenvalue weighted by atomic mass is 16.5. The third-order valence-corrected chi connectivity index (χ3v) is 4.53. The SMILES string of the molecule is COc1cc2ncnc(NCCCCN3CCCC3)c2cc1OC. The maximum atomic E-state index is 5.39. The molecule has 6 nitrogen and oxygen atoms in total. The maximum Gasteiger partial charge on any atom is 0.162 e. The van der Waals surface area contributed by atoms with Crippen molar-refractivity contribution in [2.45, 2.75) is 25.7 Å². The first-order valence-electron chi connectivity index (χ1n) is 8.65.